The van der Waals surface area contributed by atoms with E-state index in [4.69, 9.17) is 0 Å². The van der Waals surface area contributed by atoms with E-state index < -0.39 is 17.4 Å². The molecule has 0 radical (unpaired) electrons. The van der Waals surface area contributed by atoms with Crippen LogP contribution >= 0.6 is 0 Å². The van der Waals surface area contributed by atoms with Crippen molar-refractivity contribution >= 4 is 11.9 Å². The Hall–Kier alpha value is -1.10. The minimum atomic E-state index is -0.942. The van der Waals surface area contributed by atoms with Crippen LogP contribution in [0.2, 0.25) is 0 Å². The average Bonchev–Trinajstić information content (AvgIpc) is 2.38. The van der Waals surface area contributed by atoms with Crippen LogP contribution in [-0.2, 0) is 9.59 Å². The summed E-state index contributed by atoms with van der Waals surface area (Å²) in [5, 5.41) is 15.3. The van der Waals surface area contributed by atoms with E-state index >= 15 is 0 Å². The summed E-state index contributed by atoms with van der Waals surface area (Å²) >= 11 is 0. The summed E-state index contributed by atoms with van der Waals surface area (Å²) in [7, 11) is 0. The Balaban J connectivity index is 2.75. The molecule has 0 saturated carbocycles. The lowest BCUT2D eigenvalue weighted by Crippen LogP contribution is -2.54. The van der Waals surface area contributed by atoms with Gasteiger partial charge in [-0.25, -0.2) is 4.79 Å². The standard InChI is InChI=1S/C15H28N2O3/c1-4-6-15(7-5-8-16-10-15)14(20)17-12(13(18)19)9-11(2)3/h11-12,16H,4-10H2,1-3H3,(H,17,20)(H,18,19)/t12-,15?/m1/s1. The highest BCUT2D eigenvalue weighted by atomic mass is 16.4. The Morgan fingerprint density at radius 3 is 2.55 bits per heavy atom. The van der Waals surface area contributed by atoms with Gasteiger partial charge in [-0.15, -0.1) is 0 Å². The molecule has 0 spiro atoms. The summed E-state index contributed by atoms with van der Waals surface area (Å²) in [6, 6.07) is -0.779. The molecule has 116 valence electrons. The molecule has 0 aromatic rings. The van der Waals surface area contributed by atoms with Gasteiger partial charge in [-0.2, -0.15) is 0 Å². The van der Waals surface area contributed by atoms with Gasteiger partial charge in [0.2, 0.25) is 5.91 Å². The number of carbonyl (C=O) groups excluding carboxylic acids is 1. The number of carbonyl (C=O) groups is 2. The van der Waals surface area contributed by atoms with Gasteiger partial charge in [-0.1, -0.05) is 27.2 Å². The van der Waals surface area contributed by atoms with Crippen molar-refractivity contribution in [2.75, 3.05) is 13.1 Å². The van der Waals surface area contributed by atoms with Crippen LogP contribution in [0.25, 0.3) is 0 Å². The Kier molecular flexibility index (Phi) is 6.46. The van der Waals surface area contributed by atoms with Crippen molar-refractivity contribution < 1.29 is 14.7 Å². The lowest BCUT2D eigenvalue weighted by molar-refractivity contribution is -0.145. The van der Waals surface area contributed by atoms with Gasteiger partial charge in [0.05, 0.1) is 5.41 Å². The van der Waals surface area contributed by atoms with Gasteiger partial charge in [-0.3, -0.25) is 4.79 Å². The second-order valence-electron chi connectivity index (χ2n) is 6.30. The Labute approximate surface area is 121 Å². The highest BCUT2D eigenvalue weighted by Crippen LogP contribution is 2.32. The third-order valence-electron chi connectivity index (χ3n) is 3.99. The van der Waals surface area contributed by atoms with E-state index in [2.05, 4.69) is 17.6 Å². The molecule has 3 N–H and O–H groups in total. The van der Waals surface area contributed by atoms with Crippen molar-refractivity contribution in [2.45, 2.75) is 58.9 Å². The number of carboxylic acids is 1. The first-order valence-corrected chi connectivity index (χ1v) is 7.66. The summed E-state index contributed by atoms with van der Waals surface area (Å²) < 4.78 is 0. The first-order valence-electron chi connectivity index (χ1n) is 7.66. The molecule has 20 heavy (non-hydrogen) atoms. The summed E-state index contributed by atoms with van der Waals surface area (Å²) in [5.41, 5.74) is -0.433. The second kappa shape index (κ2) is 7.62. The monoisotopic (exact) mass is 284 g/mol. The van der Waals surface area contributed by atoms with Crippen molar-refractivity contribution in [3.8, 4) is 0 Å². The summed E-state index contributed by atoms with van der Waals surface area (Å²) in [4.78, 5) is 23.9. The Morgan fingerprint density at radius 2 is 2.10 bits per heavy atom. The normalized spacial score (nSPS) is 24.4. The molecular formula is C15H28N2O3. The highest BCUT2D eigenvalue weighted by Gasteiger charge is 2.40. The first kappa shape index (κ1) is 17.0. The van der Waals surface area contributed by atoms with Gasteiger partial charge in [0, 0.05) is 6.54 Å². The van der Waals surface area contributed by atoms with Crippen LogP contribution in [-0.4, -0.2) is 36.1 Å². The summed E-state index contributed by atoms with van der Waals surface area (Å²) in [6.45, 7) is 7.58. The molecule has 5 nitrogen and oxygen atoms in total. The van der Waals surface area contributed by atoms with Gasteiger partial charge in [0.15, 0.2) is 0 Å². The van der Waals surface area contributed by atoms with E-state index in [0.29, 0.717) is 13.0 Å². The number of hydrogen-bond acceptors (Lipinski definition) is 3. The smallest absolute Gasteiger partial charge is 0.326 e. The van der Waals surface area contributed by atoms with Crippen LogP contribution in [0, 0.1) is 11.3 Å². The minimum Gasteiger partial charge on any atom is -0.480 e. The molecule has 1 aliphatic rings. The number of nitrogens with one attached hydrogen (secondary N) is 2. The predicted octanol–water partition coefficient (Wildman–Crippen LogP) is 1.77. The predicted molar refractivity (Wildman–Crippen MR) is 78.5 cm³/mol. The molecular weight excluding hydrogens is 256 g/mol. The molecule has 1 rings (SSSR count). The molecule has 1 heterocycles. The summed E-state index contributed by atoms with van der Waals surface area (Å²) in [6.07, 6.45) is 4.01. The van der Waals surface area contributed by atoms with E-state index in [1.54, 1.807) is 0 Å². The third-order valence-corrected chi connectivity index (χ3v) is 3.99. The molecule has 1 unspecified atom stereocenters. The molecule has 1 amide bonds. The minimum absolute atomic E-state index is 0.0976. The van der Waals surface area contributed by atoms with E-state index in [1.807, 2.05) is 13.8 Å². The van der Waals surface area contributed by atoms with Gasteiger partial charge in [0.25, 0.3) is 0 Å². The molecule has 1 fully saturated rings. The topological polar surface area (TPSA) is 78.4 Å². The van der Waals surface area contributed by atoms with Crippen molar-refractivity contribution in [1.82, 2.24) is 10.6 Å². The van der Waals surface area contributed by atoms with E-state index in [0.717, 1.165) is 32.2 Å². The van der Waals surface area contributed by atoms with Gasteiger partial charge in [0.1, 0.15) is 6.04 Å². The molecule has 1 saturated heterocycles. The van der Waals surface area contributed by atoms with Crippen LogP contribution in [0.5, 0.6) is 0 Å². The van der Waals surface area contributed by atoms with Crippen molar-refractivity contribution in [2.24, 2.45) is 11.3 Å². The molecule has 2 atom stereocenters. The van der Waals surface area contributed by atoms with E-state index in [1.165, 1.54) is 0 Å². The van der Waals surface area contributed by atoms with Crippen LogP contribution in [0.1, 0.15) is 52.9 Å². The average molecular weight is 284 g/mol. The maximum absolute atomic E-state index is 12.6. The van der Waals surface area contributed by atoms with Crippen LogP contribution in [0.3, 0.4) is 0 Å². The van der Waals surface area contributed by atoms with Crippen LogP contribution in [0.15, 0.2) is 0 Å². The van der Waals surface area contributed by atoms with Crippen LogP contribution in [0.4, 0.5) is 0 Å². The lowest BCUT2D eigenvalue weighted by Gasteiger charge is -2.37. The van der Waals surface area contributed by atoms with Gasteiger partial charge < -0.3 is 15.7 Å². The quantitative estimate of drug-likeness (QED) is 0.666. The van der Waals surface area contributed by atoms with E-state index in [-0.39, 0.29) is 11.8 Å². The fourth-order valence-corrected chi connectivity index (χ4v) is 2.97. The maximum atomic E-state index is 12.6. The molecule has 5 heteroatoms. The Morgan fingerprint density at radius 1 is 1.40 bits per heavy atom. The largest absolute Gasteiger partial charge is 0.480 e. The maximum Gasteiger partial charge on any atom is 0.326 e. The van der Waals surface area contributed by atoms with Crippen molar-refractivity contribution in [3.05, 3.63) is 0 Å². The van der Waals surface area contributed by atoms with Crippen molar-refractivity contribution in [3.63, 3.8) is 0 Å². The van der Waals surface area contributed by atoms with Crippen molar-refractivity contribution in [1.29, 1.82) is 0 Å². The fourth-order valence-electron chi connectivity index (χ4n) is 2.97. The zero-order valence-corrected chi connectivity index (χ0v) is 12.9. The van der Waals surface area contributed by atoms with Gasteiger partial charge in [-0.05, 0) is 38.1 Å². The first-order chi connectivity index (χ1) is 9.41. The molecule has 0 bridgehead atoms. The zero-order valence-electron chi connectivity index (χ0n) is 12.9. The molecule has 0 aliphatic carbocycles. The summed E-state index contributed by atoms with van der Waals surface area (Å²) in [5.74, 6) is -0.801. The number of rotatable bonds is 7. The zero-order chi connectivity index (χ0) is 15.2. The number of carboxylic acid groups (broad SMARTS) is 1. The lowest BCUT2D eigenvalue weighted by atomic mass is 9.76. The van der Waals surface area contributed by atoms with Gasteiger partial charge >= 0.3 is 5.97 Å². The Bertz CT molecular complexity index is 331. The molecule has 1 aliphatic heterocycles. The molecule has 0 aromatic heterocycles. The number of piperidine rings is 1. The number of hydrogen-bond donors (Lipinski definition) is 3. The fraction of sp³-hybridized carbons (Fsp3) is 0.867. The van der Waals surface area contributed by atoms with E-state index in [9.17, 15) is 14.7 Å². The SMILES string of the molecule is CCCC1(C(=O)N[C@H](CC(C)C)C(=O)O)CCCNC1. The third kappa shape index (κ3) is 4.47. The van der Waals surface area contributed by atoms with Crippen LogP contribution < -0.4 is 10.6 Å². The highest BCUT2D eigenvalue weighted by molar-refractivity contribution is 5.87. The number of amides is 1. The number of aliphatic carboxylic acids is 1. The second-order valence-corrected chi connectivity index (χ2v) is 6.30. The molecule has 0 aromatic carbocycles.